The van der Waals surface area contributed by atoms with Gasteiger partial charge in [-0.1, -0.05) is 45.7 Å². The maximum Gasteiger partial charge on any atom is 0.142 e. The van der Waals surface area contributed by atoms with Crippen LogP contribution in [-0.4, -0.2) is 7.11 Å². The van der Waals surface area contributed by atoms with E-state index in [1.807, 2.05) is 18.2 Å². The van der Waals surface area contributed by atoms with Crippen LogP contribution in [0.15, 0.2) is 36.4 Å². The van der Waals surface area contributed by atoms with Crippen molar-refractivity contribution in [3.63, 3.8) is 0 Å². The van der Waals surface area contributed by atoms with Crippen molar-refractivity contribution in [2.75, 3.05) is 7.11 Å². The average Bonchev–Trinajstić information content (AvgIpc) is 2.53. The Morgan fingerprint density at radius 1 is 1.29 bits per heavy atom. The predicted octanol–water partition coefficient (Wildman–Crippen LogP) is 4.69. The molecule has 0 aliphatic carbocycles. The summed E-state index contributed by atoms with van der Waals surface area (Å²) in [6.45, 7) is 0.353. The number of hydrogen-bond acceptors (Lipinski definition) is 3. The molecule has 2 rings (SSSR count). The molecule has 0 aliphatic heterocycles. The monoisotopic (exact) mass is 365 g/mol. The lowest BCUT2D eigenvalue weighted by Gasteiger charge is -2.12. The van der Waals surface area contributed by atoms with Gasteiger partial charge in [0.2, 0.25) is 0 Å². The molecule has 5 heteroatoms. The average molecular weight is 367 g/mol. The molecule has 108 valence electrons. The topological polar surface area (TPSA) is 42.2 Å². The zero-order valence-corrected chi connectivity index (χ0v) is 13.7. The second-order valence-electron chi connectivity index (χ2n) is 4.30. The van der Waals surface area contributed by atoms with Crippen LogP contribution in [0.2, 0.25) is 5.02 Å². The first-order valence-corrected chi connectivity index (χ1v) is 7.72. The number of para-hydroxylation sites is 1. The van der Waals surface area contributed by atoms with Gasteiger partial charge in [-0.2, -0.15) is 5.26 Å². The number of benzene rings is 2. The van der Waals surface area contributed by atoms with Gasteiger partial charge in [0.05, 0.1) is 17.7 Å². The lowest BCUT2D eigenvalue weighted by molar-refractivity contribution is 0.303. The van der Waals surface area contributed by atoms with Crippen molar-refractivity contribution in [3.8, 4) is 17.6 Å². The first-order chi connectivity index (χ1) is 10.2. The Morgan fingerprint density at radius 3 is 2.76 bits per heavy atom. The minimum atomic E-state index is 0.353. The molecule has 0 amide bonds. The SMILES string of the molecule is COc1cc(COc2c(Cl)cccc2CBr)ccc1C#N. The van der Waals surface area contributed by atoms with Gasteiger partial charge >= 0.3 is 0 Å². The molecule has 0 bridgehead atoms. The van der Waals surface area contributed by atoms with Crippen LogP contribution < -0.4 is 9.47 Å². The summed E-state index contributed by atoms with van der Waals surface area (Å²) in [6.07, 6.45) is 0. The van der Waals surface area contributed by atoms with Crippen molar-refractivity contribution in [1.82, 2.24) is 0 Å². The molecule has 0 atom stereocenters. The van der Waals surface area contributed by atoms with Gasteiger partial charge in [-0.3, -0.25) is 0 Å². The Morgan fingerprint density at radius 2 is 2.10 bits per heavy atom. The summed E-state index contributed by atoms with van der Waals surface area (Å²) < 4.78 is 11.0. The number of rotatable bonds is 5. The lowest BCUT2D eigenvalue weighted by Crippen LogP contribution is -2.00. The van der Waals surface area contributed by atoms with Crippen LogP contribution in [0, 0.1) is 11.3 Å². The van der Waals surface area contributed by atoms with E-state index in [1.54, 1.807) is 18.2 Å². The minimum absolute atomic E-state index is 0.353. The summed E-state index contributed by atoms with van der Waals surface area (Å²) in [5, 5.41) is 10.2. The van der Waals surface area contributed by atoms with Crippen LogP contribution in [-0.2, 0) is 11.9 Å². The molecular formula is C16H13BrClNO2. The molecule has 21 heavy (non-hydrogen) atoms. The van der Waals surface area contributed by atoms with E-state index in [0.29, 0.717) is 34.0 Å². The Balaban J connectivity index is 2.19. The van der Waals surface area contributed by atoms with E-state index >= 15 is 0 Å². The molecule has 0 radical (unpaired) electrons. The largest absolute Gasteiger partial charge is 0.495 e. The highest BCUT2D eigenvalue weighted by atomic mass is 79.9. The van der Waals surface area contributed by atoms with Crippen LogP contribution >= 0.6 is 27.5 Å². The molecule has 0 fully saturated rings. The summed E-state index contributed by atoms with van der Waals surface area (Å²) in [4.78, 5) is 0. The van der Waals surface area contributed by atoms with Gasteiger partial charge in [0, 0.05) is 10.9 Å². The van der Waals surface area contributed by atoms with Crippen LogP contribution in [0.5, 0.6) is 11.5 Å². The van der Waals surface area contributed by atoms with Crippen molar-refractivity contribution in [2.45, 2.75) is 11.9 Å². The fourth-order valence-electron chi connectivity index (χ4n) is 1.89. The third-order valence-corrected chi connectivity index (χ3v) is 3.86. The second kappa shape index (κ2) is 7.35. The maximum absolute atomic E-state index is 8.97. The predicted molar refractivity (Wildman–Crippen MR) is 86.1 cm³/mol. The summed E-state index contributed by atoms with van der Waals surface area (Å²) in [5.74, 6) is 1.21. The Hall–Kier alpha value is -1.70. The van der Waals surface area contributed by atoms with E-state index < -0.39 is 0 Å². The van der Waals surface area contributed by atoms with Crippen LogP contribution in [0.25, 0.3) is 0 Å². The number of ether oxygens (including phenoxy) is 2. The van der Waals surface area contributed by atoms with Gasteiger partial charge in [0.1, 0.15) is 24.2 Å². The van der Waals surface area contributed by atoms with Crippen LogP contribution in [0.1, 0.15) is 16.7 Å². The Bertz CT molecular complexity index is 682. The molecule has 0 saturated heterocycles. The summed E-state index contributed by atoms with van der Waals surface area (Å²) >= 11 is 9.58. The molecule has 0 unspecified atom stereocenters. The third kappa shape index (κ3) is 3.69. The van der Waals surface area contributed by atoms with E-state index in [2.05, 4.69) is 22.0 Å². The van der Waals surface area contributed by atoms with Gasteiger partial charge in [-0.15, -0.1) is 0 Å². The molecule has 0 aromatic heterocycles. The Kier molecular flexibility index (Phi) is 5.49. The molecule has 0 N–H and O–H groups in total. The normalized spacial score (nSPS) is 10.0. The fourth-order valence-corrected chi connectivity index (χ4v) is 2.58. The Labute approximate surface area is 137 Å². The van der Waals surface area contributed by atoms with E-state index in [-0.39, 0.29) is 0 Å². The second-order valence-corrected chi connectivity index (χ2v) is 5.26. The molecule has 0 spiro atoms. The zero-order chi connectivity index (χ0) is 15.2. The van der Waals surface area contributed by atoms with E-state index in [0.717, 1.165) is 11.1 Å². The molecule has 2 aromatic rings. The van der Waals surface area contributed by atoms with Crippen molar-refractivity contribution in [2.24, 2.45) is 0 Å². The van der Waals surface area contributed by atoms with Crippen molar-refractivity contribution >= 4 is 27.5 Å². The summed E-state index contributed by atoms with van der Waals surface area (Å²) in [5.41, 5.74) is 2.40. The third-order valence-electron chi connectivity index (χ3n) is 2.96. The van der Waals surface area contributed by atoms with Gasteiger partial charge in [-0.05, 0) is 23.8 Å². The quantitative estimate of drug-likeness (QED) is 0.721. The first-order valence-electron chi connectivity index (χ1n) is 6.22. The van der Waals surface area contributed by atoms with Gasteiger partial charge < -0.3 is 9.47 Å². The highest BCUT2D eigenvalue weighted by Crippen LogP contribution is 2.31. The fraction of sp³-hybridized carbons (Fsp3) is 0.188. The van der Waals surface area contributed by atoms with Crippen molar-refractivity contribution < 1.29 is 9.47 Å². The number of nitrogens with zero attached hydrogens (tertiary/aromatic N) is 1. The number of nitriles is 1. The number of hydrogen-bond donors (Lipinski definition) is 0. The van der Waals surface area contributed by atoms with E-state index in [9.17, 15) is 0 Å². The van der Waals surface area contributed by atoms with Gasteiger partial charge in [-0.25, -0.2) is 0 Å². The molecule has 3 nitrogen and oxygen atoms in total. The number of halogens is 2. The highest BCUT2D eigenvalue weighted by Gasteiger charge is 2.09. The maximum atomic E-state index is 8.97. The van der Waals surface area contributed by atoms with Crippen molar-refractivity contribution in [3.05, 3.63) is 58.1 Å². The van der Waals surface area contributed by atoms with Crippen molar-refractivity contribution in [1.29, 1.82) is 5.26 Å². The molecule has 0 saturated carbocycles. The number of alkyl halides is 1. The van der Waals surface area contributed by atoms with Crippen LogP contribution in [0.4, 0.5) is 0 Å². The number of methoxy groups -OCH3 is 1. The summed E-state index contributed by atoms with van der Waals surface area (Å²) in [7, 11) is 1.54. The zero-order valence-electron chi connectivity index (χ0n) is 11.4. The van der Waals surface area contributed by atoms with E-state index in [4.69, 9.17) is 26.3 Å². The lowest BCUT2D eigenvalue weighted by atomic mass is 10.1. The molecule has 2 aromatic carbocycles. The first kappa shape index (κ1) is 15.7. The standard InChI is InChI=1S/C16H13BrClNO2/c1-20-15-7-11(5-6-13(15)9-19)10-21-16-12(8-17)3-2-4-14(16)18/h2-7H,8,10H2,1H3. The highest BCUT2D eigenvalue weighted by molar-refractivity contribution is 9.08. The molecular weight excluding hydrogens is 354 g/mol. The van der Waals surface area contributed by atoms with Gasteiger partial charge in [0.15, 0.2) is 0 Å². The molecule has 0 aliphatic rings. The summed E-state index contributed by atoms with van der Waals surface area (Å²) in [6, 6.07) is 13.1. The van der Waals surface area contributed by atoms with E-state index in [1.165, 1.54) is 7.11 Å². The smallest absolute Gasteiger partial charge is 0.142 e. The van der Waals surface area contributed by atoms with Crippen LogP contribution in [0.3, 0.4) is 0 Å². The minimum Gasteiger partial charge on any atom is -0.495 e. The van der Waals surface area contributed by atoms with Gasteiger partial charge in [0.25, 0.3) is 0 Å². The molecule has 0 heterocycles.